The molecule has 0 aliphatic rings. The highest BCUT2D eigenvalue weighted by Gasteiger charge is 2.08. The molecule has 0 spiro atoms. The third kappa shape index (κ3) is 5.74. The van der Waals surface area contributed by atoms with Crippen molar-refractivity contribution in [3.63, 3.8) is 0 Å². The highest BCUT2D eigenvalue weighted by atomic mass is 16.5. The topological polar surface area (TPSA) is 50.7 Å². The summed E-state index contributed by atoms with van der Waals surface area (Å²) in [5.41, 5.74) is 8.21. The molecule has 4 heteroatoms. The van der Waals surface area contributed by atoms with Crippen LogP contribution in [0.5, 0.6) is 5.75 Å². The van der Waals surface area contributed by atoms with Crippen LogP contribution in [0, 0.1) is 0 Å². The number of benzene rings is 4. The second kappa shape index (κ2) is 10.9. The SMILES string of the molecule is CCC(=NNC(=O)c1ccc(COc2ccccc2-c2ccccc2)cc1)c1ccccc1. The predicted octanol–water partition coefficient (Wildman–Crippen LogP) is 6.48. The van der Waals surface area contributed by atoms with Crippen molar-refractivity contribution in [3.8, 4) is 16.9 Å². The Morgan fingerprint density at radius 1 is 0.758 bits per heavy atom. The van der Waals surface area contributed by atoms with Crippen LogP contribution in [0.4, 0.5) is 0 Å². The van der Waals surface area contributed by atoms with Crippen LogP contribution in [0.15, 0.2) is 114 Å². The number of hydrogen-bond acceptors (Lipinski definition) is 3. The minimum atomic E-state index is -0.237. The minimum Gasteiger partial charge on any atom is -0.488 e. The first-order valence-electron chi connectivity index (χ1n) is 11.0. The van der Waals surface area contributed by atoms with Gasteiger partial charge in [0.05, 0.1) is 5.71 Å². The lowest BCUT2D eigenvalue weighted by molar-refractivity contribution is 0.0954. The van der Waals surface area contributed by atoms with Gasteiger partial charge in [-0.25, -0.2) is 5.43 Å². The third-order valence-corrected chi connectivity index (χ3v) is 5.32. The van der Waals surface area contributed by atoms with Crippen molar-refractivity contribution in [1.82, 2.24) is 5.43 Å². The molecule has 33 heavy (non-hydrogen) atoms. The quantitative estimate of drug-likeness (QED) is 0.255. The first-order valence-corrected chi connectivity index (χ1v) is 11.0. The molecule has 4 aromatic carbocycles. The molecule has 1 N–H and O–H groups in total. The van der Waals surface area contributed by atoms with Crippen molar-refractivity contribution in [2.24, 2.45) is 5.10 Å². The Balaban J connectivity index is 1.39. The molecule has 0 bridgehead atoms. The molecule has 0 saturated heterocycles. The molecule has 4 nitrogen and oxygen atoms in total. The summed E-state index contributed by atoms with van der Waals surface area (Å²) in [5.74, 6) is 0.589. The molecule has 164 valence electrons. The Kier molecular flexibility index (Phi) is 7.29. The largest absolute Gasteiger partial charge is 0.488 e. The molecule has 4 rings (SSSR count). The summed E-state index contributed by atoms with van der Waals surface area (Å²) in [7, 11) is 0. The lowest BCUT2D eigenvalue weighted by Crippen LogP contribution is -2.20. The Morgan fingerprint density at radius 2 is 1.39 bits per heavy atom. The number of nitrogens with zero attached hydrogens (tertiary/aromatic N) is 1. The van der Waals surface area contributed by atoms with Crippen LogP contribution in [0.2, 0.25) is 0 Å². The minimum absolute atomic E-state index is 0.237. The van der Waals surface area contributed by atoms with E-state index in [1.165, 1.54) is 0 Å². The molecule has 0 aliphatic carbocycles. The fourth-order valence-electron chi connectivity index (χ4n) is 3.52. The second-order valence-corrected chi connectivity index (χ2v) is 7.57. The van der Waals surface area contributed by atoms with Crippen molar-refractivity contribution < 1.29 is 9.53 Å². The Labute approximate surface area is 194 Å². The van der Waals surface area contributed by atoms with E-state index in [2.05, 4.69) is 28.7 Å². The van der Waals surface area contributed by atoms with Gasteiger partial charge in [-0.15, -0.1) is 0 Å². The van der Waals surface area contributed by atoms with Crippen LogP contribution < -0.4 is 10.2 Å². The van der Waals surface area contributed by atoms with Crippen molar-refractivity contribution in [1.29, 1.82) is 0 Å². The smallest absolute Gasteiger partial charge is 0.271 e. The molecule has 0 aromatic heterocycles. The van der Waals surface area contributed by atoms with E-state index in [0.717, 1.165) is 40.1 Å². The first kappa shape index (κ1) is 22.0. The van der Waals surface area contributed by atoms with Gasteiger partial charge < -0.3 is 4.74 Å². The Hall–Kier alpha value is -4.18. The zero-order valence-electron chi connectivity index (χ0n) is 18.6. The second-order valence-electron chi connectivity index (χ2n) is 7.57. The summed E-state index contributed by atoms with van der Waals surface area (Å²) in [6.07, 6.45) is 0.727. The molecule has 4 aromatic rings. The summed E-state index contributed by atoms with van der Waals surface area (Å²) in [4.78, 5) is 12.5. The molecule has 0 atom stereocenters. The lowest BCUT2D eigenvalue weighted by Gasteiger charge is -2.12. The van der Waals surface area contributed by atoms with Crippen molar-refractivity contribution >= 4 is 11.6 Å². The number of amides is 1. The highest BCUT2D eigenvalue weighted by molar-refractivity contribution is 6.02. The molecule has 0 radical (unpaired) electrons. The van der Waals surface area contributed by atoms with Crippen LogP contribution in [-0.2, 0) is 6.61 Å². The van der Waals surface area contributed by atoms with Crippen LogP contribution >= 0.6 is 0 Å². The molecular weight excluding hydrogens is 408 g/mol. The summed E-state index contributed by atoms with van der Waals surface area (Å²) < 4.78 is 6.10. The van der Waals surface area contributed by atoms with Crippen LogP contribution in [0.3, 0.4) is 0 Å². The normalized spacial score (nSPS) is 11.1. The summed E-state index contributed by atoms with van der Waals surface area (Å²) in [6, 6.07) is 35.4. The van der Waals surface area contributed by atoms with Gasteiger partial charge in [0, 0.05) is 11.1 Å². The van der Waals surface area contributed by atoms with Crippen molar-refractivity contribution in [2.45, 2.75) is 20.0 Å². The first-order chi connectivity index (χ1) is 16.2. The number of nitrogens with one attached hydrogen (secondary N) is 1. The van der Waals surface area contributed by atoms with Gasteiger partial charge in [-0.05, 0) is 41.3 Å². The van der Waals surface area contributed by atoms with Gasteiger partial charge in [0.2, 0.25) is 0 Å². The van der Waals surface area contributed by atoms with Gasteiger partial charge in [-0.1, -0.05) is 97.9 Å². The van der Waals surface area contributed by atoms with Crippen molar-refractivity contribution in [3.05, 3.63) is 126 Å². The Morgan fingerprint density at radius 3 is 2.09 bits per heavy atom. The highest BCUT2D eigenvalue weighted by Crippen LogP contribution is 2.30. The van der Waals surface area contributed by atoms with E-state index in [-0.39, 0.29) is 5.91 Å². The maximum Gasteiger partial charge on any atom is 0.271 e. The van der Waals surface area contributed by atoms with E-state index in [1.807, 2.05) is 85.8 Å². The maximum absolute atomic E-state index is 12.5. The number of hydrazone groups is 1. The van der Waals surface area contributed by atoms with E-state index in [4.69, 9.17) is 4.74 Å². The van der Waals surface area contributed by atoms with Gasteiger partial charge in [-0.3, -0.25) is 4.79 Å². The van der Waals surface area contributed by atoms with Crippen LogP contribution in [-0.4, -0.2) is 11.6 Å². The summed E-state index contributed by atoms with van der Waals surface area (Å²) in [5, 5.41) is 4.32. The average molecular weight is 435 g/mol. The van der Waals surface area contributed by atoms with Gasteiger partial charge in [0.25, 0.3) is 5.91 Å². The number of hydrogen-bond donors (Lipinski definition) is 1. The van der Waals surface area contributed by atoms with E-state index in [9.17, 15) is 4.79 Å². The Bertz CT molecular complexity index is 1220. The van der Waals surface area contributed by atoms with Gasteiger partial charge in [0.15, 0.2) is 0 Å². The molecule has 0 aliphatic heterocycles. The van der Waals surface area contributed by atoms with Crippen molar-refractivity contribution in [2.75, 3.05) is 0 Å². The predicted molar refractivity (Wildman–Crippen MR) is 133 cm³/mol. The number of para-hydroxylation sites is 1. The third-order valence-electron chi connectivity index (χ3n) is 5.32. The molecule has 1 amide bonds. The van der Waals surface area contributed by atoms with Gasteiger partial charge in [0.1, 0.15) is 12.4 Å². The fourth-order valence-corrected chi connectivity index (χ4v) is 3.52. The molecule has 0 saturated carbocycles. The maximum atomic E-state index is 12.5. The number of carbonyl (C=O) groups is 1. The zero-order valence-corrected chi connectivity index (χ0v) is 18.6. The molecule has 0 fully saturated rings. The average Bonchev–Trinajstić information content (AvgIpc) is 2.89. The number of rotatable bonds is 8. The summed E-state index contributed by atoms with van der Waals surface area (Å²) >= 11 is 0. The van der Waals surface area contributed by atoms with Crippen LogP contribution in [0.25, 0.3) is 11.1 Å². The summed E-state index contributed by atoms with van der Waals surface area (Å²) in [6.45, 7) is 2.43. The number of ether oxygens (including phenoxy) is 1. The monoisotopic (exact) mass is 434 g/mol. The fraction of sp³-hybridized carbons (Fsp3) is 0.103. The standard InChI is InChI=1S/C29H26N2O2/c1-2-27(24-13-7-4-8-14-24)30-31-29(32)25-19-17-22(18-20-25)21-33-28-16-10-9-15-26(28)23-11-5-3-6-12-23/h3-20H,2,21H2,1H3,(H,31,32). The van der Waals surface area contributed by atoms with E-state index >= 15 is 0 Å². The molecular formula is C29H26N2O2. The lowest BCUT2D eigenvalue weighted by atomic mass is 10.0. The van der Waals surface area contributed by atoms with E-state index in [1.54, 1.807) is 12.1 Å². The van der Waals surface area contributed by atoms with E-state index in [0.29, 0.717) is 12.2 Å². The van der Waals surface area contributed by atoms with E-state index < -0.39 is 0 Å². The van der Waals surface area contributed by atoms with Gasteiger partial charge >= 0.3 is 0 Å². The van der Waals surface area contributed by atoms with Gasteiger partial charge in [-0.2, -0.15) is 5.10 Å². The molecule has 0 unspecified atom stereocenters. The molecule has 0 heterocycles. The zero-order chi connectivity index (χ0) is 22.9. The van der Waals surface area contributed by atoms with Crippen LogP contribution in [0.1, 0.15) is 34.8 Å². The number of carbonyl (C=O) groups excluding carboxylic acids is 1.